The molecule has 4 heteroatoms. The van der Waals surface area contributed by atoms with E-state index in [1.54, 1.807) is 6.08 Å². The molecule has 4 aliphatic rings. The Bertz CT molecular complexity index is 1140. The van der Waals surface area contributed by atoms with Gasteiger partial charge < -0.3 is 10.2 Å². The van der Waals surface area contributed by atoms with Crippen LogP contribution in [0.1, 0.15) is 63.9 Å². The Balaban J connectivity index is 1.38. The lowest BCUT2D eigenvalue weighted by Crippen LogP contribution is -2.61. The number of alkyl halides is 1. The molecule has 0 spiro atoms. The lowest BCUT2D eigenvalue weighted by atomic mass is 9.53. The third kappa shape index (κ3) is 2.82. The van der Waals surface area contributed by atoms with Crippen molar-refractivity contribution in [1.29, 1.82) is 0 Å². The number of benzene rings is 1. The fourth-order valence-corrected chi connectivity index (χ4v) is 7.49. The summed E-state index contributed by atoms with van der Waals surface area (Å²) in [5, 5.41) is 24.5. The van der Waals surface area contributed by atoms with Gasteiger partial charge in [-0.15, -0.1) is 0 Å². The molecule has 2 aromatic rings. The Labute approximate surface area is 189 Å². The van der Waals surface area contributed by atoms with Gasteiger partial charge in [-0.25, -0.2) is 4.39 Å². The van der Waals surface area contributed by atoms with Gasteiger partial charge in [0.2, 0.25) is 0 Å². The Morgan fingerprint density at radius 2 is 1.94 bits per heavy atom. The van der Waals surface area contributed by atoms with Crippen LogP contribution in [0.3, 0.4) is 0 Å². The number of allylic oxidation sites excluding steroid dienone is 2. The highest BCUT2D eigenvalue weighted by molar-refractivity contribution is 5.87. The molecule has 6 atom stereocenters. The molecule has 6 rings (SSSR count). The highest BCUT2D eigenvalue weighted by Gasteiger charge is 2.65. The summed E-state index contributed by atoms with van der Waals surface area (Å²) in [4.78, 5) is 4.21. The van der Waals surface area contributed by atoms with E-state index in [4.69, 9.17) is 0 Å². The van der Waals surface area contributed by atoms with E-state index >= 15 is 4.39 Å². The van der Waals surface area contributed by atoms with E-state index in [9.17, 15) is 10.2 Å². The number of hydrogen-bond donors (Lipinski definition) is 2. The predicted octanol–water partition coefficient (Wildman–Crippen LogP) is 5.76. The maximum atomic E-state index is 16.7. The third-order valence-corrected chi connectivity index (χ3v) is 9.33. The molecule has 2 saturated carbocycles. The molecule has 0 aliphatic heterocycles. The number of fused-ring (bicyclic) bond motifs is 5. The molecular formula is C28H32FNO2. The van der Waals surface area contributed by atoms with Crippen LogP contribution in [-0.2, 0) is 0 Å². The van der Waals surface area contributed by atoms with Gasteiger partial charge in [0.1, 0.15) is 5.60 Å². The lowest BCUT2D eigenvalue weighted by molar-refractivity contribution is -0.172. The zero-order valence-corrected chi connectivity index (χ0v) is 18.7. The first-order chi connectivity index (χ1) is 15.3. The molecule has 1 aromatic heterocycles. The van der Waals surface area contributed by atoms with Crippen LogP contribution < -0.4 is 0 Å². The molecule has 0 amide bonds. The van der Waals surface area contributed by atoms with E-state index < -0.39 is 11.3 Å². The highest BCUT2D eigenvalue weighted by Crippen LogP contribution is 2.65. The summed E-state index contributed by atoms with van der Waals surface area (Å²) in [7, 11) is 0. The third-order valence-electron chi connectivity index (χ3n) is 9.33. The summed E-state index contributed by atoms with van der Waals surface area (Å²) in [6.07, 6.45) is 12.6. The van der Waals surface area contributed by atoms with Gasteiger partial charge in [0, 0.05) is 23.7 Å². The van der Waals surface area contributed by atoms with E-state index in [2.05, 4.69) is 36.2 Å². The first kappa shape index (κ1) is 20.6. The standard InChI is InChI=1S/C28H32FNO2/c1-26-11-12-27(29)16-22-15-23(31)5-4-18(22)8-10-28(27,32)25(26)7-6-24(26)20-2-3-21-17-30-13-9-19(21)14-20/h2-3,6,9,13-14,16-18,23,25,31-32H,4-5,7-8,10-12,15H2,1H3/t18?,23?,25?,26?,27?,28-/m0/s1. The van der Waals surface area contributed by atoms with Crippen LogP contribution in [0.5, 0.6) is 0 Å². The van der Waals surface area contributed by atoms with Crippen molar-refractivity contribution in [2.24, 2.45) is 17.3 Å². The summed E-state index contributed by atoms with van der Waals surface area (Å²) >= 11 is 0. The van der Waals surface area contributed by atoms with Crippen molar-refractivity contribution >= 4 is 16.3 Å². The van der Waals surface area contributed by atoms with Crippen molar-refractivity contribution < 1.29 is 14.6 Å². The van der Waals surface area contributed by atoms with Crippen LogP contribution >= 0.6 is 0 Å². The number of aliphatic hydroxyl groups excluding tert-OH is 1. The van der Waals surface area contributed by atoms with Gasteiger partial charge in [-0.1, -0.05) is 30.7 Å². The minimum Gasteiger partial charge on any atom is -0.393 e. The number of nitrogens with zero attached hydrogens (tertiary/aromatic N) is 1. The Morgan fingerprint density at radius 3 is 2.81 bits per heavy atom. The van der Waals surface area contributed by atoms with Crippen LogP contribution in [0.25, 0.3) is 16.3 Å². The van der Waals surface area contributed by atoms with Crippen molar-refractivity contribution in [2.45, 2.75) is 75.7 Å². The minimum atomic E-state index is -1.71. The molecule has 32 heavy (non-hydrogen) atoms. The molecule has 0 bridgehead atoms. The normalized spacial score (nSPS) is 41.2. The molecule has 0 radical (unpaired) electrons. The quantitative estimate of drug-likeness (QED) is 0.562. The first-order valence-electron chi connectivity index (χ1n) is 12.2. The molecule has 1 aromatic carbocycles. The summed E-state index contributed by atoms with van der Waals surface area (Å²) in [5.41, 5.74) is 0.137. The fourth-order valence-electron chi connectivity index (χ4n) is 7.49. The van der Waals surface area contributed by atoms with Gasteiger partial charge in [-0.2, -0.15) is 0 Å². The molecule has 1 heterocycles. The van der Waals surface area contributed by atoms with Crippen molar-refractivity contribution in [3.63, 3.8) is 0 Å². The average Bonchev–Trinajstić information content (AvgIpc) is 3.09. The van der Waals surface area contributed by atoms with Crippen LogP contribution in [0.4, 0.5) is 4.39 Å². The van der Waals surface area contributed by atoms with Gasteiger partial charge in [0.25, 0.3) is 0 Å². The molecule has 2 fully saturated rings. The molecule has 168 valence electrons. The topological polar surface area (TPSA) is 53.4 Å². The summed E-state index contributed by atoms with van der Waals surface area (Å²) in [5.74, 6) is 0.161. The van der Waals surface area contributed by atoms with Crippen molar-refractivity contribution in [2.75, 3.05) is 0 Å². The second-order valence-corrected chi connectivity index (χ2v) is 10.9. The predicted molar refractivity (Wildman–Crippen MR) is 125 cm³/mol. The molecule has 4 aliphatic carbocycles. The summed E-state index contributed by atoms with van der Waals surface area (Å²) in [6, 6.07) is 8.50. The second kappa shape index (κ2) is 6.98. The smallest absolute Gasteiger partial charge is 0.158 e. The maximum Gasteiger partial charge on any atom is 0.158 e. The van der Waals surface area contributed by atoms with Gasteiger partial charge in [0.05, 0.1) is 6.10 Å². The largest absolute Gasteiger partial charge is 0.393 e. The van der Waals surface area contributed by atoms with Gasteiger partial charge >= 0.3 is 0 Å². The minimum absolute atomic E-state index is 0.140. The van der Waals surface area contributed by atoms with Gasteiger partial charge in [0.15, 0.2) is 5.67 Å². The first-order valence-corrected chi connectivity index (χ1v) is 12.2. The SMILES string of the molecule is CC12CCC3(F)C=C4CC(O)CCC4CC[C@]3(O)C1CC=C2c1ccc2cnccc2c1. The van der Waals surface area contributed by atoms with E-state index in [1.165, 1.54) is 11.1 Å². The molecular weight excluding hydrogens is 401 g/mol. The van der Waals surface area contributed by atoms with E-state index in [0.717, 1.165) is 35.6 Å². The van der Waals surface area contributed by atoms with E-state index in [0.29, 0.717) is 38.0 Å². The van der Waals surface area contributed by atoms with Crippen molar-refractivity contribution in [1.82, 2.24) is 4.98 Å². The highest BCUT2D eigenvalue weighted by atomic mass is 19.1. The fraction of sp³-hybridized carbons (Fsp3) is 0.536. The van der Waals surface area contributed by atoms with Gasteiger partial charge in [-0.05, 0) is 97.4 Å². The van der Waals surface area contributed by atoms with Crippen LogP contribution in [-0.4, -0.2) is 32.6 Å². The monoisotopic (exact) mass is 433 g/mol. The number of aromatic nitrogens is 1. The lowest BCUT2D eigenvalue weighted by Gasteiger charge is -2.55. The summed E-state index contributed by atoms with van der Waals surface area (Å²) in [6.45, 7) is 2.24. The van der Waals surface area contributed by atoms with Gasteiger partial charge in [-0.3, -0.25) is 4.98 Å². The average molecular weight is 434 g/mol. The Kier molecular flexibility index (Phi) is 4.48. The maximum absolute atomic E-state index is 16.7. The number of hydrogen-bond acceptors (Lipinski definition) is 3. The molecule has 5 unspecified atom stereocenters. The van der Waals surface area contributed by atoms with E-state index in [1.807, 2.05) is 18.5 Å². The van der Waals surface area contributed by atoms with E-state index in [-0.39, 0.29) is 17.4 Å². The van der Waals surface area contributed by atoms with Crippen LogP contribution in [0.2, 0.25) is 0 Å². The second-order valence-electron chi connectivity index (χ2n) is 10.9. The van der Waals surface area contributed by atoms with Crippen LogP contribution in [0, 0.1) is 17.3 Å². The zero-order valence-electron chi connectivity index (χ0n) is 18.7. The summed E-state index contributed by atoms with van der Waals surface area (Å²) < 4.78 is 16.7. The number of rotatable bonds is 1. The molecule has 0 saturated heterocycles. The molecule has 2 N–H and O–H groups in total. The molecule has 3 nitrogen and oxygen atoms in total. The zero-order chi connectivity index (χ0) is 22.1. The number of pyridine rings is 1. The number of aliphatic hydroxyl groups is 2. The van der Waals surface area contributed by atoms with Crippen molar-refractivity contribution in [3.8, 4) is 0 Å². The van der Waals surface area contributed by atoms with Crippen molar-refractivity contribution in [3.05, 3.63) is 59.9 Å². The Morgan fingerprint density at radius 1 is 1.06 bits per heavy atom. The number of halogens is 1. The Hall–Kier alpha value is -2.04. The van der Waals surface area contributed by atoms with Crippen LogP contribution in [0.15, 0.2) is 54.4 Å².